The fraction of sp³-hybridized carbons (Fsp3) is 0.0909. The van der Waals surface area contributed by atoms with E-state index in [2.05, 4.69) is 16.9 Å². The molecule has 7 nitrogen and oxygen atoms in total. The standard InChI is InChI=1S/C22H20ClN3O4S/c1-3-13-26(20-10-5-4-9-19(20)23)31(28,29)18-8-6-7-16(14-18)22(27)25-17-11-12-21(30-2)24-15-17/h3-12,14-15H,1,13H2,2H3,(H,25,27). The van der Waals surface area contributed by atoms with E-state index in [-0.39, 0.29) is 22.0 Å². The van der Waals surface area contributed by atoms with E-state index in [0.29, 0.717) is 17.3 Å². The third-order valence-electron chi connectivity index (χ3n) is 4.30. The van der Waals surface area contributed by atoms with Crippen molar-refractivity contribution in [2.45, 2.75) is 4.90 Å². The maximum atomic E-state index is 13.3. The molecule has 9 heteroatoms. The van der Waals surface area contributed by atoms with Crippen molar-refractivity contribution in [1.82, 2.24) is 4.98 Å². The van der Waals surface area contributed by atoms with Gasteiger partial charge in [0.1, 0.15) is 0 Å². The summed E-state index contributed by atoms with van der Waals surface area (Å²) in [5, 5.41) is 2.97. The fourth-order valence-corrected chi connectivity index (χ4v) is 4.59. The summed E-state index contributed by atoms with van der Waals surface area (Å²) in [5.41, 5.74) is 0.946. The number of sulfonamides is 1. The van der Waals surface area contributed by atoms with Gasteiger partial charge in [0.25, 0.3) is 15.9 Å². The van der Waals surface area contributed by atoms with Crippen molar-refractivity contribution in [2.24, 2.45) is 0 Å². The third-order valence-corrected chi connectivity index (χ3v) is 6.40. The minimum Gasteiger partial charge on any atom is -0.481 e. The Hall–Kier alpha value is -3.36. The molecule has 0 aliphatic carbocycles. The van der Waals surface area contributed by atoms with E-state index in [1.807, 2.05) is 0 Å². The zero-order valence-electron chi connectivity index (χ0n) is 16.7. The molecule has 1 heterocycles. The minimum absolute atomic E-state index is 0.0139. The fourth-order valence-electron chi connectivity index (χ4n) is 2.80. The quantitative estimate of drug-likeness (QED) is 0.507. The predicted molar refractivity (Wildman–Crippen MR) is 121 cm³/mol. The number of para-hydroxylation sites is 1. The Kier molecular flexibility index (Phi) is 6.94. The largest absolute Gasteiger partial charge is 0.481 e. The van der Waals surface area contributed by atoms with Gasteiger partial charge in [0.2, 0.25) is 5.88 Å². The van der Waals surface area contributed by atoms with Crippen LogP contribution in [0.5, 0.6) is 5.88 Å². The lowest BCUT2D eigenvalue weighted by molar-refractivity contribution is 0.102. The van der Waals surface area contributed by atoms with Crippen LogP contribution in [0.15, 0.2) is 84.4 Å². The Labute approximate surface area is 186 Å². The number of anilines is 2. The van der Waals surface area contributed by atoms with Crippen LogP contribution in [-0.4, -0.2) is 33.0 Å². The van der Waals surface area contributed by atoms with Gasteiger partial charge in [-0.3, -0.25) is 9.10 Å². The van der Waals surface area contributed by atoms with Gasteiger partial charge in [0.05, 0.1) is 41.1 Å². The molecular formula is C22H20ClN3O4S. The number of nitrogens with one attached hydrogen (secondary N) is 1. The van der Waals surface area contributed by atoms with E-state index in [4.69, 9.17) is 16.3 Å². The Morgan fingerprint density at radius 2 is 1.97 bits per heavy atom. The molecule has 0 bridgehead atoms. The third kappa shape index (κ3) is 5.04. The number of rotatable bonds is 8. The number of carbonyl (C=O) groups is 1. The molecule has 1 aromatic heterocycles. The molecule has 2 aromatic carbocycles. The number of hydrogen-bond donors (Lipinski definition) is 1. The monoisotopic (exact) mass is 457 g/mol. The average Bonchev–Trinajstić information content (AvgIpc) is 2.78. The first-order valence-corrected chi connectivity index (χ1v) is 11.0. The van der Waals surface area contributed by atoms with E-state index >= 15 is 0 Å². The predicted octanol–water partition coefficient (Wildman–Crippen LogP) is 4.38. The van der Waals surface area contributed by atoms with Crippen LogP contribution >= 0.6 is 11.6 Å². The Morgan fingerprint density at radius 1 is 1.19 bits per heavy atom. The molecule has 1 amide bonds. The van der Waals surface area contributed by atoms with E-state index in [1.54, 1.807) is 36.4 Å². The van der Waals surface area contributed by atoms with Crippen LogP contribution in [0.1, 0.15) is 10.4 Å². The number of amides is 1. The SMILES string of the molecule is C=CCN(c1ccccc1Cl)S(=O)(=O)c1cccc(C(=O)Nc2ccc(OC)nc2)c1. The summed E-state index contributed by atoms with van der Waals surface area (Å²) in [6, 6.07) is 15.6. The van der Waals surface area contributed by atoms with E-state index in [0.717, 1.165) is 4.31 Å². The molecule has 0 radical (unpaired) electrons. The Morgan fingerprint density at radius 3 is 2.61 bits per heavy atom. The maximum absolute atomic E-state index is 13.3. The van der Waals surface area contributed by atoms with Crippen LogP contribution in [0.4, 0.5) is 11.4 Å². The number of pyridine rings is 1. The van der Waals surface area contributed by atoms with Crippen molar-refractivity contribution in [2.75, 3.05) is 23.3 Å². The highest BCUT2D eigenvalue weighted by Gasteiger charge is 2.26. The molecule has 0 atom stereocenters. The van der Waals surface area contributed by atoms with Crippen LogP contribution in [0.2, 0.25) is 5.02 Å². The van der Waals surface area contributed by atoms with E-state index in [1.165, 1.54) is 43.6 Å². The first-order chi connectivity index (χ1) is 14.9. The van der Waals surface area contributed by atoms with E-state index < -0.39 is 15.9 Å². The van der Waals surface area contributed by atoms with E-state index in [9.17, 15) is 13.2 Å². The number of halogens is 1. The summed E-state index contributed by atoms with van der Waals surface area (Å²) in [6.07, 6.45) is 2.91. The lowest BCUT2D eigenvalue weighted by atomic mass is 10.2. The van der Waals surface area contributed by atoms with Crippen molar-refractivity contribution in [1.29, 1.82) is 0 Å². The van der Waals surface area contributed by atoms with Gasteiger partial charge in [-0.15, -0.1) is 6.58 Å². The van der Waals surface area contributed by atoms with Crippen molar-refractivity contribution in [3.05, 3.63) is 90.1 Å². The molecule has 3 aromatic rings. The van der Waals surface area contributed by atoms with Crippen LogP contribution in [-0.2, 0) is 10.0 Å². The van der Waals surface area contributed by atoms with Gasteiger partial charge in [-0.25, -0.2) is 13.4 Å². The molecule has 1 N–H and O–H groups in total. The first-order valence-electron chi connectivity index (χ1n) is 9.16. The van der Waals surface area contributed by atoms with Crippen LogP contribution in [0, 0.1) is 0 Å². The Balaban J connectivity index is 1.91. The highest BCUT2D eigenvalue weighted by molar-refractivity contribution is 7.92. The van der Waals surface area contributed by atoms with Gasteiger partial charge in [-0.05, 0) is 36.4 Å². The molecule has 0 spiro atoms. The zero-order chi connectivity index (χ0) is 22.4. The first kappa shape index (κ1) is 22.3. The lowest BCUT2D eigenvalue weighted by Crippen LogP contribution is -2.31. The van der Waals surface area contributed by atoms with Gasteiger partial charge in [0.15, 0.2) is 0 Å². The van der Waals surface area contributed by atoms with Crippen LogP contribution in [0.3, 0.4) is 0 Å². The van der Waals surface area contributed by atoms with Crippen LogP contribution < -0.4 is 14.4 Å². The van der Waals surface area contributed by atoms with Gasteiger partial charge in [0, 0.05) is 11.6 Å². The van der Waals surface area contributed by atoms with Gasteiger partial charge in [-0.2, -0.15) is 0 Å². The summed E-state index contributed by atoms with van der Waals surface area (Å²) in [7, 11) is -2.52. The summed E-state index contributed by atoms with van der Waals surface area (Å²) in [4.78, 5) is 16.6. The second-order valence-corrected chi connectivity index (χ2v) is 8.62. The summed E-state index contributed by atoms with van der Waals surface area (Å²) < 4.78 is 32.8. The molecule has 0 aliphatic rings. The molecule has 0 aliphatic heterocycles. The van der Waals surface area contributed by atoms with Gasteiger partial charge < -0.3 is 10.1 Å². The number of nitrogens with zero attached hydrogens (tertiary/aromatic N) is 2. The highest BCUT2D eigenvalue weighted by atomic mass is 35.5. The number of hydrogen-bond acceptors (Lipinski definition) is 5. The number of ether oxygens (including phenoxy) is 1. The smallest absolute Gasteiger partial charge is 0.264 e. The zero-order valence-corrected chi connectivity index (χ0v) is 18.2. The molecule has 0 saturated heterocycles. The molecule has 0 fully saturated rings. The van der Waals surface area contributed by atoms with Gasteiger partial charge >= 0.3 is 0 Å². The minimum atomic E-state index is -4.01. The second kappa shape index (κ2) is 9.63. The summed E-state index contributed by atoms with van der Waals surface area (Å²) in [6.45, 7) is 3.65. The molecule has 0 saturated carbocycles. The molecule has 160 valence electrons. The highest BCUT2D eigenvalue weighted by Crippen LogP contribution is 2.30. The van der Waals surface area contributed by atoms with Crippen molar-refractivity contribution < 1.29 is 17.9 Å². The number of aromatic nitrogens is 1. The van der Waals surface area contributed by atoms with Crippen molar-refractivity contribution >= 4 is 38.9 Å². The number of carbonyl (C=O) groups excluding carboxylic acids is 1. The van der Waals surface area contributed by atoms with Crippen molar-refractivity contribution in [3.63, 3.8) is 0 Å². The normalized spacial score (nSPS) is 10.9. The molecule has 3 rings (SSSR count). The molecular weight excluding hydrogens is 438 g/mol. The summed E-state index contributed by atoms with van der Waals surface area (Å²) in [5.74, 6) is -0.0648. The average molecular weight is 458 g/mol. The maximum Gasteiger partial charge on any atom is 0.264 e. The van der Waals surface area contributed by atoms with Crippen LogP contribution in [0.25, 0.3) is 0 Å². The topological polar surface area (TPSA) is 88.6 Å². The molecule has 31 heavy (non-hydrogen) atoms. The summed E-state index contributed by atoms with van der Waals surface area (Å²) >= 11 is 6.22. The Bertz CT molecular complexity index is 1200. The molecule has 0 unspecified atom stereocenters. The van der Waals surface area contributed by atoms with Crippen molar-refractivity contribution in [3.8, 4) is 5.88 Å². The second-order valence-electron chi connectivity index (χ2n) is 6.35. The number of benzene rings is 2. The number of methoxy groups -OCH3 is 1. The van der Waals surface area contributed by atoms with Gasteiger partial charge in [-0.1, -0.05) is 35.9 Å². The lowest BCUT2D eigenvalue weighted by Gasteiger charge is -2.24.